The summed E-state index contributed by atoms with van der Waals surface area (Å²) in [5.41, 5.74) is 1.78. The van der Waals surface area contributed by atoms with E-state index in [0.29, 0.717) is 5.69 Å². The van der Waals surface area contributed by atoms with Gasteiger partial charge in [0.1, 0.15) is 11.6 Å². The Hall–Kier alpha value is -2.07. The number of halogens is 1. The van der Waals surface area contributed by atoms with Crippen molar-refractivity contribution in [3.05, 3.63) is 53.8 Å². The van der Waals surface area contributed by atoms with Gasteiger partial charge < -0.3 is 14.7 Å². The smallest absolute Gasteiger partial charge is 0.131 e. The Bertz CT molecular complexity index is 599. The van der Waals surface area contributed by atoms with E-state index >= 15 is 0 Å². The number of nitrogens with zero attached hydrogens (tertiary/aromatic N) is 1. The Morgan fingerprint density at radius 1 is 1.20 bits per heavy atom. The Labute approximate surface area is 118 Å². The molecule has 0 radical (unpaired) electrons. The van der Waals surface area contributed by atoms with E-state index in [4.69, 9.17) is 4.74 Å². The van der Waals surface area contributed by atoms with Crippen molar-refractivity contribution in [2.24, 2.45) is 0 Å². The van der Waals surface area contributed by atoms with E-state index in [-0.39, 0.29) is 5.56 Å². The first kappa shape index (κ1) is 14.3. The molecule has 0 bridgehead atoms. The van der Waals surface area contributed by atoms with Crippen LogP contribution < -0.4 is 9.64 Å². The second-order valence-electron chi connectivity index (χ2n) is 4.61. The van der Waals surface area contributed by atoms with Gasteiger partial charge in [0.15, 0.2) is 0 Å². The van der Waals surface area contributed by atoms with E-state index in [1.165, 1.54) is 6.07 Å². The van der Waals surface area contributed by atoms with Gasteiger partial charge in [-0.15, -0.1) is 0 Å². The molecule has 0 spiro atoms. The molecule has 0 aliphatic rings. The van der Waals surface area contributed by atoms with Crippen LogP contribution >= 0.6 is 0 Å². The highest BCUT2D eigenvalue weighted by Crippen LogP contribution is 2.33. The molecular formula is C16H18FNO2. The van der Waals surface area contributed by atoms with Crippen LogP contribution in [-0.2, 0) is 0 Å². The third kappa shape index (κ3) is 2.75. The lowest BCUT2D eigenvalue weighted by Gasteiger charge is -2.24. The molecule has 2 rings (SSSR count). The molecule has 106 valence electrons. The highest BCUT2D eigenvalue weighted by atomic mass is 19.1. The molecule has 0 aliphatic carbocycles. The van der Waals surface area contributed by atoms with Gasteiger partial charge in [-0.2, -0.15) is 0 Å². The zero-order chi connectivity index (χ0) is 14.7. The van der Waals surface area contributed by atoms with E-state index in [1.807, 2.05) is 36.2 Å². The van der Waals surface area contributed by atoms with Crippen molar-refractivity contribution < 1.29 is 14.2 Å². The molecule has 1 N–H and O–H groups in total. The van der Waals surface area contributed by atoms with Crippen LogP contribution in [0, 0.1) is 5.82 Å². The van der Waals surface area contributed by atoms with Crippen molar-refractivity contribution in [1.29, 1.82) is 0 Å². The number of aliphatic hydroxyl groups excluding tert-OH is 1. The first-order valence-corrected chi connectivity index (χ1v) is 6.39. The minimum atomic E-state index is -0.876. The first-order chi connectivity index (χ1) is 9.54. The molecule has 0 amide bonds. The topological polar surface area (TPSA) is 32.7 Å². The van der Waals surface area contributed by atoms with Crippen LogP contribution in [0.25, 0.3) is 0 Å². The molecule has 4 heteroatoms. The predicted octanol–water partition coefficient (Wildman–Crippen LogP) is 3.66. The number of aliphatic hydroxyl groups is 1. The third-order valence-electron chi connectivity index (χ3n) is 3.25. The summed E-state index contributed by atoms with van der Waals surface area (Å²) in [6.07, 6.45) is -0.876. The average Bonchev–Trinajstić information content (AvgIpc) is 2.45. The van der Waals surface area contributed by atoms with Crippen molar-refractivity contribution in [2.75, 3.05) is 19.1 Å². The average molecular weight is 275 g/mol. The van der Waals surface area contributed by atoms with Crippen LogP contribution in [0.2, 0.25) is 0 Å². The second-order valence-corrected chi connectivity index (χ2v) is 4.61. The molecule has 0 aliphatic heterocycles. The van der Waals surface area contributed by atoms with Gasteiger partial charge in [-0.3, -0.25) is 0 Å². The zero-order valence-electron chi connectivity index (χ0n) is 11.8. The SMILES string of the molecule is COc1cccc(N(C)c2cccc(F)c2C(C)O)c1. The highest BCUT2D eigenvalue weighted by Gasteiger charge is 2.17. The molecule has 0 fully saturated rings. The minimum absolute atomic E-state index is 0.290. The molecule has 20 heavy (non-hydrogen) atoms. The van der Waals surface area contributed by atoms with Crippen LogP contribution in [0.15, 0.2) is 42.5 Å². The molecule has 0 saturated carbocycles. The molecule has 2 aromatic rings. The summed E-state index contributed by atoms with van der Waals surface area (Å²) >= 11 is 0. The summed E-state index contributed by atoms with van der Waals surface area (Å²) in [5.74, 6) is 0.316. The summed E-state index contributed by atoms with van der Waals surface area (Å²) in [6.45, 7) is 1.56. The third-order valence-corrected chi connectivity index (χ3v) is 3.25. The fourth-order valence-corrected chi connectivity index (χ4v) is 2.19. The maximum absolute atomic E-state index is 13.9. The van der Waals surface area contributed by atoms with Gasteiger partial charge in [0.2, 0.25) is 0 Å². The fraction of sp³-hybridized carbons (Fsp3) is 0.250. The molecule has 0 heterocycles. The Morgan fingerprint density at radius 3 is 2.55 bits per heavy atom. The fourth-order valence-electron chi connectivity index (χ4n) is 2.19. The largest absolute Gasteiger partial charge is 0.497 e. The van der Waals surface area contributed by atoms with Crippen molar-refractivity contribution >= 4 is 11.4 Å². The lowest BCUT2D eigenvalue weighted by atomic mass is 10.1. The van der Waals surface area contributed by atoms with E-state index in [9.17, 15) is 9.50 Å². The molecule has 1 atom stereocenters. The molecule has 2 aromatic carbocycles. The summed E-state index contributed by atoms with van der Waals surface area (Å²) in [6, 6.07) is 12.2. The molecule has 0 aromatic heterocycles. The highest BCUT2D eigenvalue weighted by molar-refractivity contribution is 5.67. The van der Waals surface area contributed by atoms with Crippen LogP contribution in [0.1, 0.15) is 18.6 Å². The van der Waals surface area contributed by atoms with Crippen molar-refractivity contribution in [1.82, 2.24) is 0 Å². The zero-order valence-corrected chi connectivity index (χ0v) is 11.8. The summed E-state index contributed by atoms with van der Waals surface area (Å²) in [4.78, 5) is 1.83. The number of methoxy groups -OCH3 is 1. The Morgan fingerprint density at radius 2 is 1.90 bits per heavy atom. The quantitative estimate of drug-likeness (QED) is 0.924. The van der Waals surface area contributed by atoms with Crippen LogP contribution in [0.4, 0.5) is 15.8 Å². The molecular weight excluding hydrogens is 257 g/mol. The molecule has 0 saturated heterocycles. The van der Waals surface area contributed by atoms with Gasteiger partial charge in [-0.25, -0.2) is 4.39 Å². The number of rotatable bonds is 4. The first-order valence-electron chi connectivity index (χ1n) is 6.39. The second kappa shape index (κ2) is 5.92. The van der Waals surface area contributed by atoms with E-state index < -0.39 is 11.9 Å². The maximum atomic E-state index is 13.9. The van der Waals surface area contributed by atoms with Gasteiger partial charge in [0.25, 0.3) is 0 Å². The van der Waals surface area contributed by atoms with E-state index in [1.54, 1.807) is 26.2 Å². The number of hydrogen-bond acceptors (Lipinski definition) is 3. The minimum Gasteiger partial charge on any atom is -0.497 e. The van der Waals surface area contributed by atoms with Crippen molar-refractivity contribution in [3.63, 3.8) is 0 Å². The Kier molecular flexibility index (Phi) is 4.25. The van der Waals surface area contributed by atoms with Crippen molar-refractivity contribution in [3.8, 4) is 5.75 Å². The van der Waals surface area contributed by atoms with Gasteiger partial charge >= 0.3 is 0 Å². The molecule has 1 unspecified atom stereocenters. The standard InChI is InChI=1S/C16H18FNO2/c1-11(19)16-14(17)8-5-9-15(16)18(2)12-6-4-7-13(10-12)20-3/h4-11,19H,1-3H3. The van der Waals surface area contributed by atoms with Crippen LogP contribution in [0.5, 0.6) is 5.75 Å². The monoisotopic (exact) mass is 275 g/mol. The summed E-state index contributed by atoms with van der Waals surface area (Å²) in [7, 11) is 3.43. The normalized spacial score (nSPS) is 12.1. The summed E-state index contributed by atoms with van der Waals surface area (Å²) in [5, 5.41) is 9.79. The van der Waals surface area contributed by atoms with Crippen LogP contribution in [-0.4, -0.2) is 19.3 Å². The maximum Gasteiger partial charge on any atom is 0.131 e. The predicted molar refractivity (Wildman–Crippen MR) is 78.1 cm³/mol. The lowest BCUT2D eigenvalue weighted by molar-refractivity contribution is 0.194. The summed E-state index contributed by atoms with van der Waals surface area (Å²) < 4.78 is 19.1. The van der Waals surface area contributed by atoms with Crippen molar-refractivity contribution in [2.45, 2.75) is 13.0 Å². The lowest BCUT2D eigenvalue weighted by Crippen LogP contribution is -2.14. The van der Waals surface area contributed by atoms with E-state index in [0.717, 1.165) is 11.4 Å². The van der Waals surface area contributed by atoms with Gasteiger partial charge in [-0.05, 0) is 31.2 Å². The van der Waals surface area contributed by atoms with Crippen LogP contribution in [0.3, 0.4) is 0 Å². The number of ether oxygens (including phenoxy) is 1. The number of benzene rings is 2. The van der Waals surface area contributed by atoms with Gasteiger partial charge in [0.05, 0.1) is 13.2 Å². The number of hydrogen-bond donors (Lipinski definition) is 1. The van der Waals surface area contributed by atoms with E-state index in [2.05, 4.69) is 0 Å². The number of anilines is 2. The molecule has 3 nitrogen and oxygen atoms in total. The van der Waals surface area contributed by atoms with Gasteiger partial charge in [-0.1, -0.05) is 12.1 Å². The van der Waals surface area contributed by atoms with Gasteiger partial charge in [0, 0.05) is 30.1 Å². The Balaban J connectivity index is 2.47.